The van der Waals surface area contributed by atoms with Crippen LogP contribution in [0.2, 0.25) is 0 Å². The first-order valence-electron chi connectivity index (χ1n) is 9.81. The summed E-state index contributed by atoms with van der Waals surface area (Å²) < 4.78 is 11.5. The number of ether oxygens (including phenoxy) is 1. The molecule has 5 nitrogen and oxygen atoms in total. The minimum atomic E-state index is -0.170. The molecule has 0 spiro atoms. The molecule has 6 heteroatoms. The highest BCUT2D eigenvalue weighted by molar-refractivity contribution is 5.91. The largest absolute Gasteiger partial charge is 0.486 e. The predicted octanol–water partition coefficient (Wildman–Crippen LogP) is 4.55. The number of hydrogen-bond donors (Lipinski definition) is 2. The van der Waals surface area contributed by atoms with Gasteiger partial charge in [-0.3, -0.25) is 4.79 Å². The van der Waals surface area contributed by atoms with Gasteiger partial charge in [0.05, 0.1) is 0 Å². The number of amides is 1. The SMILES string of the molecule is CC1(CNC(=O)c2ccc(COc3ccc4ccccc4c3)o2)CCNCC1.Cl. The number of furan rings is 1. The Hall–Kier alpha value is -2.50. The molecule has 1 aromatic heterocycles. The summed E-state index contributed by atoms with van der Waals surface area (Å²) in [6.45, 7) is 5.18. The number of fused-ring (bicyclic) bond motifs is 1. The molecule has 29 heavy (non-hydrogen) atoms. The second-order valence-corrected chi connectivity index (χ2v) is 7.81. The number of nitrogens with one attached hydrogen (secondary N) is 2. The number of carbonyl (C=O) groups is 1. The van der Waals surface area contributed by atoms with E-state index in [1.54, 1.807) is 12.1 Å². The molecule has 1 aliphatic heterocycles. The number of hydrogen-bond acceptors (Lipinski definition) is 4. The fraction of sp³-hybridized carbons (Fsp3) is 0.348. The lowest BCUT2D eigenvalue weighted by molar-refractivity contribution is 0.0890. The van der Waals surface area contributed by atoms with Gasteiger partial charge in [-0.2, -0.15) is 0 Å². The van der Waals surface area contributed by atoms with Gasteiger partial charge < -0.3 is 19.8 Å². The second kappa shape index (κ2) is 9.33. The van der Waals surface area contributed by atoms with Crippen LogP contribution in [0, 0.1) is 5.41 Å². The van der Waals surface area contributed by atoms with Crippen molar-refractivity contribution in [2.24, 2.45) is 5.41 Å². The van der Waals surface area contributed by atoms with Crippen LogP contribution in [0.15, 0.2) is 59.0 Å². The summed E-state index contributed by atoms with van der Waals surface area (Å²) >= 11 is 0. The molecule has 2 aromatic carbocycles. The number of piperidine rings is 1. The third-order valence-electron chi connectivity index (χ3n) is 5.47. The summed E-state index contributed by atoms with van der Waals surface area (Å²) in [5, 5.41) is 8.68. The molecule has 4 rings (SSSR count). The third kappa shape index (κ3) is 5.31. The van der Waals surface area contributed by atoms with Crippen molar-refractivity contribution in [1.82, 2.24) is 10.6 Å². The van der Waals surface area contributed by atoms with Crippen LogP contribution in [-0.4, -0.2) is 25.5 Å². The molecule has 0 bridgehead atoms. The molecule has 2 heterocycles. The Bertz CT molecular complexity index is 963. The Morgan fingerprint density at radius 3 is 2.66 bits per heavy atom. The van der Waals surface area contributed by atoms with Crippen molar-refractivity contribution >= 4 is 29.1 Å². The van der Waals surface area contributed by atoms with Gasteiger partial charge in [-0.25, -0.2) is 0 Å². The first-order chi connectivity index (χ1) is 13.6. The van der Waals surface area contributed by atoms with Crippen molar-refractivity contribution in [1.29, 1.82) is 0 Å². The average Bonchev–Trinajstić information content (AvgIpc) is 3.20. The number of halogens is 1. The van der Waals surface area contributed by atoms with E-state index in [0.29, 0.717) is 18.1 Å². The number of carbonyl (C=O) groups excluding carboxylic acids is 1. The third-order valence-corrected chi connectivity index (χ3v) is 5.47. The Labute approximate surface area is 177 Å². The first-order valence-corrected chi connectivity index (χ1v) is 9.81. The highest BCUT2D eigenvalue weighted by Gasteiger charge is 2.27. The Morgan fingerprint density at radius 1 is 1.10 bits per heavy atom. The van der Waals surface area contributed by atoms with Crippen LogP contribution >= 0.6 is 12.4 Å². The maximum Gasteiger partial charge on any atom is 0.287 e. The van der Waals surface area contributed by atoms with Crippen LogP contribution in [-0.2, 0) is 6.61 Å². The predicted molar refractivity (Wildman–Crippen MR) is 117 cm³/mol. The van der Waals surface area contributed by atoms with E-state index in [2.05, 4.69) is 29.7 Å². The second-order valence-electron chi connectivity index (χ2n) is 7.81. The van der Waals surface area contributed by atoms with Gasteiger partial charge in [0.1, 0.15) is 18.1 Å². The van der Waals surface area contributed by atoms with E-state index in [9.17, 15) is 4.79 Å². The van der Waals surface area contributed by atoms with Crippen molar-refractivity contribution in [2.75, 3.05) is 19.6 Å². The van der Waals surface area contributed by atoms with Gasteiger partial charge in [0, 0.05) is 6.54 Å². The summed E-state index contributed by atoms with van der Waals surface area (Å²) in [5.74, 6) is 1.57. The van der Waals surface area contributed by atoms with Crippen LogP contribution in [0.3, 0.4) is 0 Å². The first kappa shape index (κ1) is 21.2. The quantitative estimate of drug-likeness (QED) is 0.621. The maximum absolute atomic E-state index is 12.4. The highest BCUT2D eigenvalue weighted by Crippen LogP contribution is 2.27. The molecular weight excluding hydrogens is 388 g/mol. The zero-order chi connectivity index (χ0) is 19.4. The van der Waals surface area contributed by atoms with E-state index in [4.69, 9.17) is 9.15 Å². The van der Waals surface area contributed by atoms with Gasteiger partial charge in [0.15, 0.2) is 5.76 Å². The van der Waals surface area contributed by atoms with E-state index in [-0.39, 0.29) is 30.3 Å². The molecule has 0 atom stereocenters. The van der Waals surface area contributed by atoms with E-state index in [0.717, 1.165) is 37.1 Å². The van der Waals surface area contributed by atoms with Gasteiger partial charge >= 0.3 is 0 Å². The summed E-state index contributed by atoms with van der Waals surface area (Å²) in [6.07, 6.45) is 2.13. The number of rotatable bonds is 6. The molecule has 0 unspecified atom stereocenters. The van der Waals surface area contributed by atoms with E-state index >= 15 is 0 Å². The van der Waals surface area contributed by atoms with Gasteiger partial charge in [0.2, 0.25) is 0 Å². The summed E-state index contributed by atoms with van der Waals surface area (Å²) in [4.78, 5) is 12.4. The van der Waals surface area contributed by atoms with E-state index < -0.39 is 0 Å². The Balaban J connectivity index is 0.00000240. The van der Waals surface area contributed by atoms with Gasteiger partial charge in [-0.15, -0.1) is 12.4 Å². The molecule has 0 radical (unpaired) electrons. The highest BCUT2D eigenvalue weighted by atomic mass is 35.5. The molecule has 0 saturated carbocycles. The monoisotopic (exact) mass is 414 g/mol. The van der Waals surface area contributed by atoms with Crippen LogP contribution in [0.25, 0.3) is 10.8 Å². The molecular formula is C23H27ClN2O3. The van der Waals surface area contributed by atoms with Gasteiger partial charge in [0.25, 0.3) is 5.91 Å². The summed E-state index contributed by atoms with van der Waals surface area (Å²) in [7, 11) is 0. The summed E-state index contributed by atoms with van der Waals surface area (Å²) in [6, 6.07) is 17.6. The van der Waals surface area contributed by atoms with Crippen LogP contribution in [0.4, 0.5) is 0 Å². The summed E-state index contributed by atoms with van der Waals surface area (Å²) in [5.41, 5.74) is 0.148. The van der Waals surface area contributed by atoms with Crippen molar-refractivity contribution < 1.29 is 13.9 Å². The fourth-order valence-electron chi connectivity index (χ4n) is 3.58. The average molecular weight is 415 g/mol. The lowest BCUT2D eigenvalue weighted by Gasteiger charge is -2.33. The Kier molecular flexibility index (Phi) is 6.83. The minimum absolute atomic E-state index is 0. The molecule has 3 aromatic rings. The normalized spacial score (nSPS) is 15.5. The smallest absolute Gasteiger partial charge is 0.287 e. The lowest BCUT2D eigenvalue weighted by atomic mass is 9.81. The minimum Gasteiger partial charge on any atom is -0.486 e. The topological polar surface area (TPSA) is 63.5 Å². The van der Waals surface area contributed by atoms with Gasteiger partial charge in [-0.1, -0.05) is 37.3 Å². The van der Waals surface area contributed by atoms with Crippen molar-refractivity contribution in [3.63, 3.8) is 0 Å². The van der Waals surface area contributed by atoms with Crippen molar-refractivity contribution in [3.8, 4) is 5.75 Å². The fourth-order valence-corrected chi connectivity index (χ4v) is 3.58. The zero-order valence-corrected chi connectivity index (χ0v) is 17.4. The van der Waals surface area contributed by atoms with Crippen LogP contribution < -0.4 is 15.4 Å². The Morgan fingerprint density at radius 2 is 1.86 bits per heavy atom. The molecule has 0 aliphatic carbocycles. The van der Waals surface area contributed by atoms with Crippen molar-refractivity contribution in [2.45, 2.75) is 26.4 Å². The molecule has 154 valence electrons. The lowest BCUT2D eigenvalue weighted by Crippen LogP contribution is -2.42. The molecule has 1 saturated heterocycles. The van der Waals surface area contributed by atoms with E-state index in [1.807, 2.05) is 30.3 Å². The number of benzene rings is 2. The molecule has 1 fully saturated rings. The molecule has 2 N–H and O–H groups in total. The van der Waals surface area contributed by atoms with E-state index in [1.165, 1.54) is 5.39 Å². The van der Waals surface area contributed by atoms with Crippen LogP contribution in [0.5, 0.6) is 5.75 Å². The van der Waals surface area contributed by atoms with Crippen molar-refractivity contribution in [3.05, 3.63) is 66.1 Å². The molecule has 1 amide bonds. The maximum atomic E-state index is 12.4. The zero-order valence-electron chi connectivity index (χ0n) is 16.6. The standard InChI is InChI=1S/C23H26N2O3.ClH/c1-23(10-12-24-13-11-23)16-25-22(26)21-9-8-20(28-21)15-27-19-7-6-17-4-2-3-5-18(17)14-19;/h2-9,14,24H,10-13,15-16H2,1H3,(H,25,26);1H. The van der Waals surface area contributed by atoms with Crippen LogP contribution in [0.1, 0.15) is 36.1 Å². The molecule has 1 aliphatic rings. The van der Waals surface area contributed by atoms with Gasteiger partial charge in [-0.05, 0) is 66.4 Å².